The van der Waals surface area contributed by atoms with Gasteiger partial charge in [-0.1, -0.05) is 0 Å². The standard InChI is InChI=1S/C17H28N6S.HI/c1-6-18-17(20-11-16-13(2)7-8-24-16)19-10-15(22(3)4)14-9-21-23(5)12-14;/h7-9,12,15H,6,10-11H2,1-5H3,(H2,18,19,20);1H. The number of rotatable bonds is 7. The third-order valence-corrected chi connectivity index (χ3v) is 4.90. The van der Waals surface area contributed by atoms with E-state index in [9.17, 15) is 0 Å². The third-order valence-electron chi connectivity index (χ3n) is 3.89. The molecule has 0 aliphatic carbocycles. The zero-order valence-corrected chi connectivity index (χ0v) is 18.8. The normalized spacial score (nSPS) is 12.8. The first-order chi connectivity index (χ1) is 11.5. The van der Waals surface area contributed by atoms with E-state index in [0.717, 1.165) is 19.0 Å². The lowest BCUT2D eigenvalue weighted by Crippen LogP contribution is -2.41. The molecule has 0 saturated heterocycles. The lowest BCUT2D eigenvalue weighted by atomic mass is 10.1. The molecule has 1 atom stereocenters. The van der Waals surface area contributed by atoms with Gasteiger partial charge in [0, 0.05) is 36.8 Å². The third kappa shape index (κ3) is 6.59. The molecule has 0 aliphatic heterocycles. The van der Waals surface area contributed by atoms with E-state index in [1.165, 1.54) is 16.0 Å². The molecule has 0 aliphatic rings. The van der Waals surface area contributed by atoms with Crippen LogP contribution in [0.2, 0.25) is 0 Å². The summed E-state index contributed by atoms with van der Waals surface area (Å²) in [5.41, 5.74) is 2.50. The van der Waals surface area contributed by atoms with E-state index < -0.39 is 0 Å². The number of aromatic nitrogens is 2. The van der Waals surface area contributed by atoms with Gasteiger partial charge in [0.2, 0.25) is 0 Å². The summed E-state index contributed by atoms with van der Waals surface area (Å²) < 4.78 is 1.84. The largest absolute Gasteiger partial charge is 0.357 e. The molecule has 2 heterocycles. The van der Waals surface area contributed by atoms with E-state index in [4.69, 9.17) is 4.99 Å². The fourth-order valence-corrected chi connectivity index (χ4v) is 3.29. The molecule has 0 fully saturated rings. The smallest absolute Gasteiger partial charge is 0.191 e. The molecule has 0 radical (unpaired) electrons. The Bertz CT molecular complexity index is 664. The Morgan fingerprint density at radius 3 is 2.68 bits per heavy atom. The van der Waals surface area contributed by atoms with Crippen molar-refractivity contribution in [2.24, 2.45) is 12.0 Å². The molecule has 8 heteroatoms. The van der Waals surface area contributed by atoms with Gasteiger partial charge in [-0.3, -0.25) is 4.68 Å². The van der Waals surface area contributed by atoms with Gasteiger partial charge in [0.25, 0.3) is 0 Å². The van der Waals surface area contributed by atoms with Crippen molar-refractivity contribution < 1.29 is 0 Å². The van der Waals surface area contributed by atoms with Crippen LogP contribution in [0.4, 0.5) is 0 Å². The number of halogens is 1. The molecule has 0 aromatic carbocycles. The molecule has 2 rings (SSSR count). The Balaban J connectivity index is 0.00000312. The second-order valence-corrected chi connectivity index (χ2v) is 7.03. The number of likely N-dealkylation sites (N-methyl/N-ethyl adjacent to an activating group) is 1. The quantitative estimate of drug-likeness (QED) is 0.367. The summed E-state index contributed by atoms with van der Waals surface area (Å²) in [6.45, 7) is 6.53. The molecule has 25 heavy (non-hydrogen) atoms. The average Bonchev–Trinajstić information content (AvgIpc) is 3.13. The molecule has 0 amide bonds. The highest BCUT2D eigenvalue weighted by Crippen LogP contribution is 2.17. The lowest BCUT2D eigenvalue weighted by molar-refractivity contribution is 0.298. The Hall–Kier alpha value is -1.13. The van der Waals surface area contributed by atoms with Crippen LogP contribution in [0.15, 0.2) is 28.8 Å². The molecule has 6 nitrogen and oxygen atoms in total. The summed E-state index contributed by atoms with van der Waals surface area (Å²) in [6.07, 6.45) is 3.98. The van der Waals surface area contributed by atoms with Crippen molar-refractivity contribution in [1.82, 2.24) is 25.3 Å². The first-order valence-corrected chi connectivity index (χ1v) is 9.09. The van der Waals surface area contributed by atoms with Crippen molar-refractivity contribution in [3.05, 3.63) is 39.8 Å². The predicted octanol–water partition coefficient (Wildman–Crippen LogP) is 2.77. The van der Waals surface area contributed by atoms with Gasteiger partial charge < -0.3 is 15.5 Å². The van der Waals surface area contributed by atoms with Crippen LogP contribution in [0.3, 0.4) is 0 Å². The van der Waals surface area contributed by atoms with Gasteiger partial charge in [0.15, 0.2) is 5.96 Å². The maximum atomic E-state index is 4.71. The van der Waals surface area contributed by atoms with Gasteiger partial charge in [0.1, 0.15) is 0 Å². The van der Waals surface area contributed by atoms with Crippen molar-refractivity contribution in [1.29, 1.82) is 0 Å². The summed E-state index contributed by atoms with van der Waals surface area (Å²) >= 11 is 1.76. The summed E-state index contributed by atoms with van der Waals surface area (Å²) in [6, 6.07) is 2.38. The molecule has 140 valence electrons. The number of thiophene rings is 1. The molecule has 2 aromatic heterocycles. The Morgan fingerprint density at radius 2 is 2.16 bits per heavy atom. The van der Waals surface area contributed by atoms with Crippen LogP contribution >= 0.6 is 35.3 Å². The zero-order chi connectivity index (χ0) is 17.5. The number of hydrogen-bond donors (Lipinski definition) is 2. The van der Waals surface area contributed by atoms with Crippen LogP contribution in [0.25, 0.3) is 0 Å². The molecule has 2 N–H and O–H groups in total. The highest BCUT2D eigenvalue weighted by molar-refractivity contribution is 14.0. The highest BCUT2D eigenvalue weighted by Gasteiger charge is 2.16. The van der Waals surface area contributed by atoms with E-state index >= 15 is 0 Å². The van der Waals surface area contributed by atoms with E-state index in [2.05, 4.69) is 66.2 Å². The maximum absolute atomic E-state index is 4.71. The number of nitrogens with one attached hydrogen (secondary N) is 2. The second kappa shape index (κ2) is 10.8. The van der Waals surface area contributed by atoms with E-state index in [-0.39, 0.29) is 30.0 Å². The molecule has 1 unspecified atom stereocenters. The van der Waals surface area contributed by atoms with E-state index in [1.54, 1.807) is 11.3 Å². The fourth-order valence-electron chi connectivity index (χ4n) is 2.46. The highest BCUT2D eigenvalue weighted by atomic mass is 127. The predicted molar refractivity (Wildman–Crippen MR) is 117 cm³/mol. The average molecular weight is 476 g/mol. The molecule has 0 spiro atoms. The number of hydrogen-bond acceptors (Lipinski definition) is 4. The topological polar surface area (TPSA) is 57.5 Å². The van der Waals surface area contributed by atoms with Crippen LogP contribution in [0, 0.1) is 6.92 Å². The first kappa shape index (κ1) is 21.9. The zero-order valence-electron chi connectivity index (χ0n) is 15.6. The fraction of sp³-hybridized carbons (Fsp3) is 0.529. The first-order valence-electron chi connectivity index (χ1n) is 8.21. The van der Waals surface area contributed by atoms with Crippen LogP contribution < -0.4 is 10.6 Å². The Kier molecular flexibility index (Phi) is 9.44. The van der Waals surface area contributed by atoms with Crippen LogP contribution in [-0.2, 0) is 13.6 Å². The minimum absolute atomic E-state index is 0. The van der Waals surface area contributed by atoms with E-state index in [1.807, 2.05) is 17.9 Å². The molecular formula is C17H29IN6S. The maximum Gasteiger partial charge on any atom is 0.191 e. The van der Waals surface area contributed by atoms with Crippen LogP contribution in [-0.4, -0.2) is 47.8 Å². The number of nitrogens with zero attached hydrogens (tertiary/aromatic N) is 4. The van der Waals surface area contributed by atoms with Crippen molar-refractivity contribution in [2.45, 2.75) is 26.4 Å². The van der Waals surface area contributed by atoms with Gasteiger partial charge in [-0.2, -0.15) is 5.10 Å². The van der Waals surface area contributed by atoms with Crippen molar-refractivity contribution in [2.75, 3.05) is 27.2 Å². The van der Waals surface area contributed by atoms with Gasteiger partial charge in [-0.05, 0) is 45.0 Å². The lowest BCUT2D eigenvalue weighted by Gasteiger charge is -2.24. The van der Waals surface area contributed by atoms with Gasteiger partial charge >= 0.3 is 0 Å². The Labute approximate surface area is 171 Å². The van der Waals surface area contributed by atoms with Crippen molar-refractivity contribution in [3.63, 3.8) is 0 Å². The summed E-state index contributed by atoms with van der Waals surface area (Å²) in [5.74, 6) is 0.848. The summed E-state index contributed by atoms with van der Waals surface area (Å²) in [7, 11) is 6.11. The minimum atomic E-state index is 0. The van der Waals surface area contributed by atoms with Gasteiger partial charge in [-0.15, -0.1) is 35.3 Å². The number of aliphatic imine (C=N–C) groups is 1. The SMILES string of the molecule is CCNC(=NCc1sccc1C)NCC(c1cnn(C)c1)N(C)C.I. The monoisotopic (exact) mass is 476 g/mol. The van der Waals surface area contributed by atoms with Crippen molar-refractivity contribution in [3.8, 4) is 0 Å². The Morgan fingerprint density at radius 1 is 1.40 bits per heavy atom. The summed E-state index contributed by atoms with van der Waals surface area (Å²) in [5, 5.41) is 13.2. The van der Waals surface area contributed by atoms with Gasteiger partial charge in [0.05, 0.1) is 18.8 Å². The van der Waals surface area contributed by atoms with E-state index in [0.29, 0.717) is 6.54 Å². The molecular weight excluding hydrogens is 447 g/mol. The number of aryl methyl sites for hydroxylation is 2. The van der Waals surface area contributed by atoms with Crippen molar-refractivity contribution >= 4 is 41.3 Å². The van der Waals surface area contributed by atoms with Crippen LogP contribution in [0.1, 0.15) is 29.0 Å². The second-order valence-electron chi connectivity index (χ2n) is 6.03. The number of guanidine groups is 1. The minimum Gasteiger partial charge on any atom is -0.357 e. The van der Waals surface area contributed by atoms with Crippen LogP contribution in [0.5, 0.6) is 0 Å². The van der Waals surface area contributed by atoms with Gasteiger partial charge in [-0.25, -0.2) is 4.99 Å². The molecule has 2 aromatic rings. The molecule has 0 saturated carbocycles. The molecule has 0 bridgehead atoms. The summed E-state index contributed by atoms with van der Waals surface area (Å²) in [4.78, 5) is 8.21.